The third-order valence-corrected chi connectivity index (χ3v) is 6.36. The monoisotopic (exact) mass is 416 g/mol. The van der Waals surface area contributed by atoms with Gasteiger partial charge in [0.15, 0.2) is 0 Å². The molecular formula is C24H24N4O3. The minimum atomic E-state index is -0.223. The quantitative estimate of drug-likeness (QED) is 0.649. The van der Waals surface area contributed by atoms with Gasteiger partial charge in [0.2, 0.25) is 12.3 Å². The average molecular weight is 416 g/mol. The van der Waals surface area contributed by atoms with E-state index in [1.54, 1.807) is 9.80 Å². The van der Waals surface area contributed by atoms with Crippen molar-refractivity contribution in [2.45, 2.75) is 12.5 Å². The van der Waals surface area contributed by atoms with E-state index in [-0.39, 0.29) is 24.3 Å². The smallest absolute Gasteiger partial charge is 0.255 e. The fraction of sp³-hybridized carbons (Fsp3) is 0.292. The van der Waals surface area contributed by atoms with E-state index < -0.39 is 0 Å². The first kappa shape index (κ1) is 19.4. The molecule has 0 aliphatic carbocycles. The molecule has 1 fully saturated rings. The van der Waals surface area contributed by atoms with Crippen molar-refractivity contribution in [1.82, 2.24) is 19.7 Å². The minimum Gasteiger partial charge on any atom is -0.361 e. The molecular weight excluding hydrogens is 392 g/mol. The highest BCUT2D eigenvalue weighted by molar-refractivity contribution is 6.01. The summed E-state index contributed by atoms with van der Waals surface area (Å²) in [6.07, 6.45) is 3.06. The van der Waals surface area contributed by atoms with E-state index in [0.29, 0.717) is 38.3 Å². The van der Waals surface area contributed by atoms with Gasteiger partial charge in [-0.15, -0.1) is 0 Å². The Balaban J connectivity index is 1.40. The second-order valence-electron chi connectivity index (χ2n) is 8.05. The summed E-state index contributed by atoms with van der Waals surface area (Å²) in [7, 11) is 0. The number of nitrogens with one attached hydrogen (secondary N) is 1. The van der Waals surface area contributed by atoms with Crippen molar-refractivity contribution in [1.29, 1.82) is 0 Å². The lowest BCUT2D eigenvalue weighted by Crippen LogP contribution is -2.48. The van der Waals surface area contributed by atoms with Gasteiger partial charge < -0.3 is 19.7 Å². The lowest BCUT2D eigenvalue weighted by molar-refractivity contribution is -0.135. The van der Waals surface area contributed by atoms with E-state index in [2.05, 4.69) is 11.1 Å². The maximum Gasteiger partial charge on any atom is 0.255 e. The van der Waals surface area contributed by atoms with Crippen LogP contribution in [0.1, 0.15) is 33.9 Å². The number of hydrogen-bond acceptors (Lipinski definition) is 3. The first-order chi connectivity index (χ1) is 15.2. The number of amides is 3. The molecule has 3 amide bonds. The summed E-state index contributed by atoms with van der Waals surface area (Å²) in [6.45, 7) is 2.54. The van der Waals surface area contributed by atoms with E-state index in [4.69, 9.17) is 0 Å². The topological polar surface area (TPSA) is 76.7 Å². The number of carbonyl (C=O) groups excluding carboxylic acids is 3. The fourth-order valence-electron chi connectivity index (χ4n) is 4.71. The van der Waals surface area contributed by atoms with Crippen LogP contribution in [0.25, 0.3) is 10.9 Å². The van der Waals surface area contributed by atoms with Gasteiger partial charge in [-0.2, -0.15) is 0 Å². The molecule has 3 aromatic rings. The highest BCUT2D eigenvalue weighted by Gasteiger charge is 2.38. The molecule has 7 nitrogen and oxygen atoms in total. The van der Waals surface area contributed by atoms with Crippen LogP contribution in [0.2, 0.25) is 0 Å². The van der Waals surface area contributed by atoms with E-state index in [0.717, 1.165) is 28.4 Å². The maximum atomic E-state index is 13.3. The van der Waals surface area contributed by atoms with Gasteiger partial charge in [0.1, 0.15) is 0 Å². The number of H-pyrrole nitrogens is 1. The molecule has 3 heterocycles. The summed E-state index contributed by atoms with van der Waals surface area (Å²) in [4.78, 5) is 45.6. The van der Waals surface area contributed by atoms with Gasteiger partial charge in [-0.25, -0.2) is 0 Å². The number of piperazine rings is 1. The van der Waals surface area contributed by atoms with Gasteiger partial charge in [0.25, 0.3) is 5.91 Å². The number of carbonyl (C=O) groups is 3. The zero-order valence-corrected chi connectivity index (χ0v) is 17.2. The predicted octanol–water partition coefficient (Wildman–Crippen LogP) is 2.40. The van der Waals surface area contributed by atoms with Crippen LogP contribution in [-0.4, -0.2) is 70.6 Å². The zero-order valence-electron chi connectivity index (χ0n) is 17.2. The maximum absolute atomic E-state index is 13.3. The molecule has 7 heteroatoms. The number of benzene rings is 2. The van der Waals surface area contributed by atoms with E-state index >= 15 is 0 Å². The van der Waals surface area contributed by atoms with Crippen molar-refractivity contribution >= 4 is 29.1 Å². The normalized spacial score (nSPS) is 18.5. The van der Waals surface area contributed by atoms with Crippen LogP contribution in [0.4, 0.5) is 0 Å². The van der Waals surface area contributed by atoms with Crippen LogP contribution in [-0.2, 0) is 9.59 Å². The van der Waals surface area contributed by atoms with Crippen LogP contribution in [0.3, 0.4) is 0 Å². The van der Waals surface area contributed by atoms with Crippen molar-refractivity contribution in [2.24, 2.45) is 0 Å². The number of aromatic nitrogens is 1. The lowest BCUT2D eigenvalue weighted by Gasteiger charge is -2.33. The third kappa shape index (κ3) is 3.36. The van der Waals surface area contributed by atoms with Crippen LogP contribution >= 0.6 is 0 Å². The average Bonchev–Trinajstić information content (AvgIpc) is 3.36. The molecule has 1 aromatic heterocycles. The van der Waals surface area contributed by atoms with Gasteiger partial charge in [-0.1, -0.05) is 36.4 Å². The molecule has 0 unspecified atom stereocenters. The Morgan fingerprint density at radius 1 is 1.00 bits per heavy atom. The lowest BCUT2D eigenvalue weighted by atomic mass is 9.97. The summed E-state index contributed by atoms with van der Waals surface area (Å²) in [5.41, 5.74) is 3.74. The van der Waals surface area contributed by atoms with Gasteiger partial charge in [-0.3, -0.25) is 14.4 Å². The Labute approximate surface area is 180 Å². The molecule has 5 rings (SSSR count). The van der Waals surface area contributed by atoms with Crippen molar-refractivity contribution in [3.63, 3.8) is 0 Å². The molecule has 2 aliphatic heterocycles. The number of hydrogen-bond donors (Lipinski definition) is 1. The Hall–Kier alpha value is -3.61. The van der Waals surface area contributed by atoms with Crippen LogP contribution in [0, 0.1) is 0 Å². The number of rotatable bonds is 5. The van der Waals surface area contributed by atoms with Crippen LogP contribution in [0.15, 0.2) is 54.7 Å². The Morgan fingerprint density at radius 3 is 2.55 bits per heavy atom. The second kappa shape index (κ2) is 7.91. The minimum absolute atomic E-state index is 0.0204. The SMILES string of the molecule is O=CN1CCN(C(=O)CCN2C(=O)c3ccccc3[C@H]2c2c[nH]c3ccccc23)CC1. The highest BCUT2D eigenvalue weighted by Crippen LogP contribution is 2.41. The Morgan fingerprint density at radius 2 is 1.74 bits per heavy atom. The van der Waals surface area contributed by atoms with Gasteiger partial charge in [0.05, 0.1) is 6.04 Å². The third-order valence-electron chi connectivity index (χ3n) is 6.36. The summed E-state index contributed by atoms with van der Waals surface area (Å²) >= 11 is 0. The van der Waals surface area contributed by atoms with Crippen molar-refractivity contribution in [3.05, 3.63) is 71.4 Å². The van der Waals surface area contributed by atoms with Gasteiger partial charge >= 0.3 is 0 Å². The largest absolute Gasteiger partial charge is 0.361 e. The molecule has 1 saturated heterocycles. The number of aromatic amines is 1. The summed E-state index contributed by atoms with van der Waals surface area (Å²) in [5, 5.41) is 1.08. The van der Waals surface area contributed by atoms with Gasteiger partial charge in [0, 0.05) is 67.4 Å². The van der Waals surface area contributed by atoms with Crippen LogP contribution in [0.5, 0.6) is 0 Å². The molecule has 1 atom stereocenters. The van der Waals surface area contributed by atoms with E-state index in [9.17, 15) is 14.4 Å². The Kier molecular flexibility index (Phi) is 4.94. The summed E-state index contributed by atoms with van der Waals surface area (Å²) < 4.78 is 0. The fourth-order valence-corrected chi connectivity index (χ4v) is 4.71. The van der Waals surface area contributed by atoms with E-state index in [1.165, 1.54) is 0 Å². The molecule has 158 valence electrons. The molecule has 0 saturated carbocycles. The Bertz CT molecular complexity index is 1150. The van der Waals surface area contributed by atoms with Crippen LogP contribution < -0.4 is 0 Å². The number of fused-ring (bicyclic) bond motifs is 2. The molecule has 2 aliphatic rings. The van der Waals surface area contributed by atoms with Crippen molar-refractivity contribution in [2.75, 3.05) is 32.7 Å². The number of nitrogens with zero attached hydrogens (tertiary/aromatic N) is 3. The van der Waals surface area contributed by atoms with E-state index in [1.807, 2.05) is 53.6 Å². The molecule has 0 radical (unpaired) electrons. The summed E-state index contributed by atoms with van der Waals surface area (Å²) in [6, 6.07) is 15.5. The standard InChI is InChI=1S/C24H24N4O3/c29-16-26-11-13-27(14-12-26)22(30)9-10-28-23(18-6-1-2-7-19(18)24(28)31)20-15-25-21-8-4-3-5-17(20)21/h1-8,15-16,23,25H,9-14H2/t23-/m0/s1. The predicted molar refractivity (Wildman–Crippen MR) is 116 cm³/mol. The van der Waals surface area contributed by atoms with Crippen molar-refractivity contribution < 1.29 is 14.4 Å². The second-order valence-corrected chi connectivity index (χ2v) is 8.05. The molecule has 0 bridgehead atoms. The zero-order chi connectivity index (χ0) is 21.4. The molecule has 31 heavy (non-hydrogen) atoms. The molecule has 0 spiro atoms. The number of para-hydroxylation sites is 1. The first-order valence-corrected chi connectivity index (χ1v) is 10.6. The van der Waals surface area contributed by atoms with Gasteiger partial charge in [-0.05, 0) is 17.7 Å². The molecule has 2 aromatic carbocycles. The highest BCUT2D eigenvalue weighted by atomic mass is 16.2. The van der Waals surface area contributed by atoms with Crippen molar-refractivity contribution in [3.8, 4) is 0 Å². The first-order valence-electron chi connectivity index (χ1n) is 10.6. The molecule has 1 N–H and O–H groups in total. The summed E-state index contributed by atoms with van der Waals surface area (Å²) in [5.74, 6) is -0.0172.